The summed E-state index contributed by atoms with van der Waals surface area (Å²) in [7, 11) is 0. The lowest BCUT2D eigenvalue weighted by molar-refractivity contribution is -0.0515. The second-order valence-corrected chi connectivity index (χ2v) is 7.87. The standard InChI is InChI=1S/C24H24F2N2O5/c1-15(33-28-22(29)17-5-3-2-4-6-17)11-19-14-31-23(27-19)18-9-10-20(30-13-16-7-8-16)21(12-18)32-24(25)26/h2-6,9-10,12,14-16,24H,7-8,11,13H2,1H3,(H,28,29). The predicted molar refractivity (Wildman–Crippen MR) is 115 cm³/mol. The van der Waals surface area contributed by atoms with Gasteiger partial charge in [-0.2, -0.15) is 8.78 Å². The number of rotatable bonds is 11. The Labute approximate surface area is 189 Å². The zero-order valence-corrected chi connectivity index (χ0v) is 18.0. The van der Waals surface area contributed by atoms with Gasteiger partial charge in [0, 0.05) is 17.5 Å². The highest BCUT2D eigenvalue weighted by atomic mass is 19.3. The molecule has 1 heterocycles. The van der Waals surface area contributed by atoms with Crippen molar-refractivity contribution in [2.24, 2.45) is 5.92 Å². The van der Waals surface area contributed by atoms with Crippen molar-refractivity contribution in [1.82, 2.24) is 10.5 Å². The molecular weight excluding hydrogens is 434 g/mol. The summed E-state index contributed by atoms with van der Waals surface area (Å²) in [6, 6.07) is 13.4. The Hall–Kier alpha value is -3.46. The first kappa shape index (κ1) is 22.7. The molecule has 1 amide bonds. The minimum Gasteiger partial charge on any atom is -0.489 e. The number of alkyl halides is 2. The third-order valence-corrected chi connectivity index (χ3v) is 5.02. The Kier molecular flexibility index (Phi) is 7.19. The van der Waals surface area contributed by atoms with E-state index in [9.17, 15) is 13.6 Å². The van der Waals surface area contributed by atoms with Crippen LogP contribution in [0.2, 0.25) is 0 Å². The van der Waals surface area contributed by atoms with Crippen LogP contribution >= 0.6 is 0 Å². The SMILES string of the molecule is CC(Cc1coc(-c2ccc(OCC3CC3)c(OC(F)F)c2)n1)ONC(=O)c1ccccc1. The first-order chi connectivity index (χ1) is 16.0. The van der Waals surface area contributed by atoms with Crippen LogP contribution in [0.1, 0.15) is 35.8 Å². The Balaban J connectivity index is 1.37. The van der Waals surface area contributed by atoms with Crippen LogP contribution in [0.15, 0.2) is 59.2 Å². The number of amides is 1. The van der Waals surface area contributed by atoms with Crippen molar-refractivity contribution < 1.29 is 32.3 Å². The van der Waals surface area contributed by atoms with Gasteiger partial charge in [-0.15, -0.1) is 0 Å². The molecule has 7 nitrogen and oxygen atoms in total. The van der Waals surface area contributed by atoms with Crippen molar-refractivity contribution in [2.75, 3.05) is 6.61 Å². The molecule has 4 rings (SSSR count). The van der Waals surface area contributed by atoms with Crippen molar-refractivity contribution in [3.05, 3.63) is 66.1 Å². The average molecular weight is 458 g/mol. The summed E-state index contributed by atoms with van der Waals surface area (Å²) >= 11 is 0. The highest BCUT2D eigenvalue weighted by Gasteiger charge is 2.23. The van der Waals surface area contributed by atoms with Crippen molar-refractivity contribution in [2.45, 2.75) is 38.9 Å². The van der Waals surface area contributed by atoms with Gasteiger partial charge in [0.25, 0.3) is 5.91 Å². The van der Waals surface area contributed by atoms with Crippen LogP contribution in [-0.2, 0) is 11.3 Å². The second kappa shape index (κ2) is 10.4. The third-order valence-electron chi connectivity index (χ3n) is 5.02. The minimum absolute atomic E-state index is 0.0665. The Morgan fingerprint density at radius 2 is 1.97 bits per heavy atom. The second-order valence-electron chi connectivity index (χ2n) is 7.87. The van der Waals surface area contributed by atoms with E-state index in [0.29, 0.717) is 35.8 Å². The number of carbonyl (C=O) groups is 1. The molecule has 0 spiro atoms. The Morgan fingerprint density at radius 1 is 1.18 bits per heavy atom. The zero-order valence-electron chi connectivity index (χ0n) is 18.0. The van der Waals surface area contributed by atoms with Gasteiger partial charge in [0.2, 0.25) is 5.89 Å². The number of nitrogens with zero attached hydrogens (tertiary/aromatic N) is 1. The molecule has 9 heteroatoms. The minimum atomic E-state index is -2.98. The number of hydrogen-bond acceptors (Lipinski definition) is 6. The molecule has 3 aromatic rings. The molecule has 1 aromatic heterocycles. The maximum absolute atomic E-state index is 12.9. The molecule has 1 fully saturated rings. The van der Waals surface area contributed by atoms with Gasteiger partial charge in [0.05, 0.1) is 18.4 Å². The van der Waals surface area contributed by atoms with Gasteiger partial charge in [0.15, 0.2) is 11.5 Å². The summed E-state index contributed by atoms with van der Waals surface area (Å²) in [5.74, 6) is 0.564. The van der Waals surface area contributed by atoms with Gasteiger partial charge >= 0.3 is 6.61 Å². The van der Waals surface area contributed by atoms with Crippen molar-refractivity contribution in [3.63, 3.8) is 0 Å². The maximum Gasteiger partial charge on any atom is 0.387 e. The molecule has 0 saturated heterocycles. The van der Waals surface area contributed by atoms with Crippen LogP contribution in [0.4, 0.5) is 8.78 Å². The van der Waals surface area contributed by atoms with Crippen LogP contribution in [-0.4, -0.2) is 30.2 Å². The molecule has 0 radical (unpaired) electrons. The van der Waals surface area contributed by atoms with Gasteiger partial charge in [-0.1, -0.05) is 18.2 Å². The predicted octanol–water partition coefficient (Wildman–Crippen LogP) is 5.02. The number of hydrogen-bond donors (Lipinski definition) is 1. The van der Waals surface area contributed by atoms with E-state index in [4.69, 9.17) is 14.0 Å². The highest BCUT2D eigenvalue weighted by molar-refractivity contribution is 5.93. The normalized spacial score (nSPS) is 14.2. The first-order valence-electron chi connectivity index (χ1n) is 10.7. The molecule has 174 valence electrons. The fourth-order valence-corrected chi connectivity index (χ4v) is 3.11. The topological polar surface area (TPSA) is 82.8 Å². The quantitative estimate of drug-likeness (QED) is 0.406. The summed E-state index contributed by atoms with van der Waals surface area (Å²) in [4.78, 5) is 21.9. The van der Waals surface area contributed by atoms with Crippen LogP contribution in [0.5, 0.6) is 11.5 Å². The first-order valence-corrected chi connectivity index (χ1v) is 10.7. The van der Waals surface area contributed by atoms with Crippen molar-refractivity contribution >= 4 is 5.91 Å². The largest absolute Gasteiger partial charge is 0.489 e. The lowest BCUT2D eigenvalue weighted by Gasteiger charge is -2.13. The van der Waals surface area contributed by atoms with E-state index >= 15 is 0 Å². The smallest absolute Gasteiger partial charge is 0.387 e. The van der Waals surface area contributed by atoms with E-state index in [2.05, 4.69) is 15.2 Å². The van der Waals surface area contributed by atoms with E-state index < -0.39 is 6.61 Å². The number of carbonyl (C=O) groups excluding carboxylic acids is 1. The van der Waals surface area contributed by atoms with Crippen molar-refractivity contribution in [3.8, 4) is 23.0 Å². The number of oxazole rings is 1. The molecule has 1 aliphatic rings. The molecule has 1 saturated carbocycles. The van der Waals surface area contributed by atoms with Crippen LogP contribution in [0, 0.1) is 5.92 Å². The lowest BCUT2D eigenvalue weighted by atomic mass is 10.2. The lowest BCUT2D eigenvalue weighted by Crippen LogP contribution is -2.29. The summed E-state index contributed by atoms with van der Waals surface area (Å²) in [5.41, 5.74) is 3.95. The van der Waals surface area contributed by atoms with Gasteiger partial charge < -0.3 is 13.9 Å². The molecule has 1 unspecified atom stereocenters. The van der Waals surface area contributed by atoms with Gasteiger partial charge in [-0.25, -0.2) is 10.5 Å². The molecular formula is C24H24F2N2O5. The molecule has 1 aliphatic carbocycles. The summed E-state index contributed by atoms with van der Waals surface area (Å²) in [6.45, 7) is -0.728. The summed E-state index contributed by atoms with van der Waals surface area (Å²) in [6.07, 6.45) is 3.60. The van der Waals surface area contributed by atoms with Crippen molar-refractivity contribution in [1.29, 1.82) is 0 Å². The average Bonchev–Trinajstić information content (AvgIpc) is 3.53. The number of benzene rings is 2. The summed E-state index contributed by atoms with van der Waals surface area (Å²) in [5, 5.41) is 0. The number of ether oxygens (including phenoxy) is 2. The fourth-order valence-electron chi connectivity index (χ4n) is 3.11. The monoisotopic (exact) mass is 458 g/mol. The number of halogens is 2. The molecule has 0 aliphatic heterocycles. The van der Waals surface area contributed by atoms with Crippen LogP contribution < -0.4 is 15.0 Å². The molecule has 0 bridgehead atoms. The molecule has 2 aromatic carbocycles. The third kappa shape index (κ3) is 6.52. The fraction of sp³-hybridized carbons (Fsp3) is 0.333. The van der Waals surface area contributed by atoms with E-state index in [-0.39, 0.29) is 29.4 Å². The Morgan fingerprint density at radius 3 is 2.70 bits per heavy atom. The maximum atomic E-state index is 12.9. The van der Waals surface area contributed by atoms with E-state index in [1.165, 1.54) is 12.3 Å². The van der Waals surface area contributed by atoms with E-state index in [0.717, 1.165) is 12.8 Å². The van der Waals surface area contributed by atoms with E-state index in [1.807, 2.05) is 6.07 Å². The molecule has 1 atom stereocenters. The van der Waals surface area contributed by atoms with E-state index in [1.54, 1.807) is 43.3 Å². The van der Waals surface area contributed by atoms with Gasteiger partial charge in [-0.05, 0) is 56.0 Å². The van der Waals surface area contributed by atoms with Gasteiger partial charge in [-0.3, -0.25) is 9.63 Å². The Bertz CT molecular complexity index is 1070. The highest BCUT2D eigenvalue weighted by Crippen LogP contribution is 2.36. The number of nitrogens with one attached hydrogen (secondary N) is 1. The van der Waals surface area contributed by atoms with Gasteiger partial charge in [0.1, 0.15) is 6.26 Å². The number of hydroxylamine groups is 1. The van der Waals surface area contributed by atoms with Crippen LogP contribution in [0.25, 0.3) is 11.5 Å². The van der Waals surface area contributed by atoms with Crippen LogP contribution in [0.3, 0.4) is 0 Å². The molecule has 33 heavy (non-hydrogen) atoms. The molecule has 1 N–H and O–H groups in total. The zero-order chi connectivity index (χ0) is 23.2. The summed E-state index contributed by atoms with van der Waals surface area (Å²) < 4.78 is 41.5. The number of aromatic nitrogens is 1.